The third-order valence-electron chi connectivity index (χ3n) is 5.13. The van der Waals surface area contributed by atoms with Crippen LogP contribution in [-0.2, 0) is 4.79 Å². The molecule has 3 aromatic rings. The van der Waals surface area contributed by atoms with Gasteiger partial charge in [-0.3, -0.25) is 14.3 Å². The third kappa shape index (κ3) is 4.34. The van der Waals surface area contributed by atoms with E-state index in [1.807, 2.05) is 42.5 Å². The van der Waals surface area contributed by atoms with Crippen LogP contribution in [0, 0.1) is 6.92 Å². The van der Waals surface area contributed by atoms with Gasteiger partial charge in [0.15, 0.2) is 11.0 Å². The van der Waals surface area contributed by atoms with Gasteiger partial charge in [0.1, 0.15) is 5.54 Å². The molecule has 0 aliphatic carbocycles. The standard InChI is InChI=1S/C23H25N5O2S/c1-16-9-7-10-17(15-16)19-25-26-22(28(19)18-11-5-4-6-12-18)31-14-8-13-27-20(29)23(2,3)24-21(27)30/h4-7,9-12,15H,8,13-14H2,1-3H3,(H,24,30). The number of para-hydroxylation sites is 1. The largest absolute Gasteiger partial charge is 0.325 e. The van der Waals surface area contributed by atoms with E-state index in [9.17, 15) is 9.59 Å². The van der Waals surface area contributed by atoms with E-state index < -0.39 is 5.54 Å². The van der Waals surface area contributed by atoms with Gasteiger partial charge in [-0.15, -0.1) is 10.2 Å². The summed E-state index contributed by atoms with van der Waals surface area (Å²) < 4.78 is 2.05. The number of carbonyl (C=O) groups excluding carboxylic acids is 2. The number of rotatable bonds is 7. The molecule has 0 atom stereocenters. The number of aromatic nitrogens is 3. The Kier molecular flexibility index (Phi) is 5.82. The lowest BCUT2D eigenvalue weighted by atomic mass is 10.1. The molecule has 1 N–H and O–H groups in total. The van der Waals surface area contributed by atoms with Crippen LogP contribution >= 0.6 is 11.8 Å². The SMILES string of the molecule is Cc1cccc(-c2nnc(SCCCN3C(=O)NC(C)(C)C3=O)n2-c2ccccc2)c1. The Morgan fingerprint density at radius 3 is 2.48 bits per heavy atom. The normalized spacial score (nSPS) is 15.4. The van der Waals surface area contributed by atoms with Crippen LogP contribution in [0.15, 0.2) is 59.8 Å². The number of aryl methyl sites for hydroxylation is 1. The Balaban J connectivity index is 1.51. The number of hydrogen-bond acceptors (Lipinski definition) is 5. The first-order valence-corrected chi connectivity index (χ1v) is 11.2. The zero-order valence-electron chi connectivity index (χ0n) is 17.8. The first kappa shape index (κ1) is 21.1. The summed E-state index contributed by atoms with van der Waals surface area (Å²) >= 11 is 1.57. The minimum absolute atomic E-state index is 0.184. The fourth-order valence-corrected chi connectivity index (χ4v) is 4.43. The maximum atomic E-state index is 12.3. The summed E-state index contributed by atoms with van der Waals surface area (Å²) in [5, 5.41) is 12.4. The van der Waals surface area contributed by atoms with Crippen molar-refractivity contribution < 1.29 is 9.59 Å². The molecular formula is C23H25N5O2S. The van der Waals surface area contributed by atoms with Crippen molar-refractivity contribution in [2.24, 2.45) is 0 Å². The van der Waals surface area contributed by atoms with E-state index in [1.165, 1.54) is 4.90 Å². The molecule has 0 bridgehead atoms. The molecule has 0 saturated carbocycles. The molecule has 3 amide bonds. The fourth-order valence-electron chi connectivity index (χ4n) is 3.55. The van der Waals surface area contributed by atoms with Crippen LogP contribution in [0.25, 0.3) is 17.1 Å². The highest BCUT2D eigenvalue weighted by molar-refractivity contribution is 7.99. The monoisotopic (exact) mass is 435 g/mol. The molecule has 2 aromatic carbocycles. The molecule has 8 heteroatoms. The van der Waals surface area contributed by atoms with Gasteiger partial charge in [-0.25, -0.2) is 4.79 Å². The molecule has 1 aliphatic rings. The Hall–Kier alpha value is -3.13. The lowest BCUT2D eigenvalue weighted by Crippen LogP contribution is -2.40. The molecule has 0 spiro atoms. The summed E-state index contributed by atoms with van der Waals surface area (Å²) in [6, 6.07) is 17.9. The number of carbonyl (C=O) groups is 2. The van der Waals surface area contributed by atoms with Crippen LogP contribution in [0.1, 0.15) is 25.8 Å². The smallest absolute Gasteiger partial charge is 0.324 e. The van der Waals surface area contributed by atoms with Crippen molar-refractivity contribution in [1.82, 2.24) is 25.0 Å². The maximum absolute atomic E-state index is 12.3. The van der Waals surface area contributed by atoms with Gasteiger partial charge < -0.3 is 5.32 Å². The maximum Gasteiger partial charge on any atom is 0.325 e. The van der Waals surface area contributed by atoms with E-state index in [0.717, 1.165) is 27.8 Å². The summed E-state index contributed by atoms with van der Waals surface area (Å²) in [5.41, 5.74) is 2.32. The highest BCUT2D eigenvalue weighted by Crippen LogP contribution is 2.29. The first-order valence-electron chi connectivity index (χ1n) is 10.2. The molecule has 2 heterocycles. The highest BCUT2D eigenvalue weighted by Gasteiger charge is 2.43. The molecule has 7 nitrogen and oxygen atoms in total. The molecule has 1 aromatic heterocycles. The zero-order valence-corrected chi connectivity index (χ0v) is 18.6. The summed E-state index contributed by atoms with van der Waals surface area (Å²) in [6.45, 7) is 5.87. The van der Waals surface area contributed by atoms with Gasteiger partial charge in [0.2, 0.25) is 0 Å². The molecule has 160 valence electrons. The van der Waals surface area contributed by atoms with E-state index in [4.69, 9.17) is 0 Å². The average Bonchev–Trinajstić information content (AvgIpc) is 3.25. The average molecular weight is 436 g/mol. The molecule has 0 unspecified atom stereocenters. The van der Waals surface area contributed by atoms with Gasteiger partial charge in [-0.1, -0.05) is 53.7 Å². The number of hydrogen-bond donors (Lipinski definition) is 1. The van der Waals surface area contributed by atoms with Crippen LogP contribution in [0.5, 0.6) is 0 Å². The van der Waals surface area contributed by atoms with Crippen molar-refractivity contribution in [3.8, 4) is 17.1 Å². The van der Waals surface area contributed by atoms with Crippen molar-refractivity contribution in [1.29, 1.82) is 0 Å². The molecule has 1 fully saturated rings. The van der Waals surface area contributed by atoms with Crippen molar-refractivity contribution in [2.45, 2.75) is 37.9 Å². The number of nitrogens with one attached hydrogen (secondary N) is 1. The number of thioether (sulfide) groups is 1. The van der Waals surface area contributed by atoms with Crippen LogP contribution in [0.2, 0.25) is 0 Å². The summed E-state index contributed by atoms with van der Waals surface area (Å²) in [5.74, 6) is 1.31. The second-order valence-electron chi connectivity index (χ2n) is 8.06. The van der Waals surface area contributed by atoms with Crippen molar-refractivity contribution in [3.63, 3.8) is 0 Å². The first-order chi connectivity index (χ1) is 14.9. The summed E-state index contributed by atoms with van der Waals surface area (Å²) in [7, 11) is 0. The van der Waals surface area contributed by atoms with E-state index >= 15 is 0 Å². The van der Waals surface area contributed by atoms with Gasteiger partial charge in [0.05, 0.1) is 0 Å². The van der Waals surface area contributed by atoms with E-state index in [0.29, 0.717) is 18.7 Å². The number of benzene rings is 2. The minimum Gasteiger partial charge on any atom is -0.324 e. The van der Waals surface area contributed by atoms with Crippen LogP contribution in [0.4, 0.5) is 4.79 Å². The Bertz CT molecular complexity index is 1110. The molecular weight excluding hydrogens is 410 g/mol. The van der Waals surface area contributed by atoms with Gasteiger partial charge in [-0.2, -0.15) is 0 Å². The summed E-state index contributed by atoms with van der Waals surface area (Å²) in [4.78, 5) is 25.7. The Morgan fingerprint density at radius 2 is 1.81 bits per heavy atom. The zero-order chi connectivity index (χ0) is 22.0. The molecule has 1 aliphatic heterocycles. The van der Waals surface area contributed by atoms with Crippen LogP contribution in [0.3, 0.4) is 0 Å². The van der Waals surface area contributed by atoms with Crippen LogP contribution in [-0.4, -0.2) is 49.4 Å². The number of nitrogens with zero attached hydrogens (tertiary/aromatic N) is 4. The van der Waals surface area contributed by atoms with Crippen LogP contribution < -0.4 is 5.32 Å². The summed E-state index contributed by atoms with van der Waals surface area (Å²) in [6.07, 6.45) is 0.668. The molecule has 0 radical (unpaired) electrons. The van der Waals surface area contributed by atoms with Gasteiger partial charge in [0.25, 0.3) is 5.91 Å². The second kappa shape index (κ2) is 8.55. The number of amides is 3. The molecule has 31 heavy (non-hydrogen) atoms. The van der Waals surface area contributed by atoms with Gasteiger partial charge in [0, 0.05) is 23.5 Å². The Morgan fingerprint density at radius 1 is 1.03 bits per heavy atom. The lowest BCUT2D eigenvalue weighted by Gasteiger charge is -2.15. The molecule has 4 rings (SSSR count). The minimum atomic E-state index is -0.833. The topological polar surface area (TPSA) is 80.1 Å². The van der Waals surface area contributed by atoms with Gasteiger partial charge >= 0.3 is 6.03 Å². The fraction of sp³-hybridized carbons (Fsp3) is 0.304. The lowest BCUT2D eigenvalue weighted by molar-refractivity contribution is -0.130. The third-order valence-corrected chi connectivity index (χ3v) is 6.14. The Labute approximate surface area is 185 Å². The second-order valence-corrected chi connectivity index (χ2v) is 9.12. The van der Waals surface area contributed by atoms with Crippen molar-refractivity contribution in [2.75, 3.05) is 12.3 Å². The van der Waals surface area contributed by atoms with Gasteiger partial charge in [-0.05, 0) is 45.4 Å². The quantitative estimate of drug-likeness (QED) is 0.344. The molecule has 1 saturated heterocycles. The van der Waals surface area contributed by atoms with Crippen molar-refractivity contribution >= 4 is 23.7 Å². The number of urea groups is 1. The van der Waals surface area contributed by atoms with E-state index in [-0.39, 0.29) is 11.9 Å². The number of imide groups is 1. The van der Waals surface area contributed by atoms with Crippen molar-refractivity contribution in [3.05, 3.63) is 60.2 Å². The van der Waals surface area contributed by atoms with E-state index in [2.05, 4.69) is 39.1 Å². The highest BCUT2D eigenvalue weighted by atomic mass is 32.2. The predicted molar refractivity (Wildman–Crippen MR) is 121 cm³/mol. The predicted octanol–water partition coefficient (Wildman–Crippen LogP) is 4.06. The van der Waals surface area contributed by atoms with E-state index in [1.54, 1.807) is 25.6 Å².